The van der Waals surface area contributed by atoms with Crippen LogP contribution >= 0.6 is 31.9 Å². The van der Waals surface area contributed by atoms with Crippen LogP contribution in [0.2, 0.25) is 0 Å². The van der Waals surface area contributed by atoms with E-state index in [9.17, 15) is 18.3 Å². The molecule has 3 saturated heterocycles. The maximum absolute atomic E-state index is 13.2. The second kappa shape index (κ2) is 11.0. The van der Waals surface area contributed by atoms with Crippen LogP contribution in [-0.2, 0) is 12.7 Å². The molecule has 4 aromatic rings. The van der Waals surface area contributed by atoms with Crippen molar-refractivity contribution in [3.05, 3.63) is 111 Å². The van der Waals surface area contributed by atoms with E-state index in [-0.39, 0.29) is 6.04 Å². The van der Waals surface area contributed by atoms with Crippen LogP contribution in [0, 0.1) is 11.8 Å². The number of hydrogen-bond donors (Lipinski definition) is 1. The number of rotatable bonds is 6. The van der Waals surface area contributed by atoms with Crippen molar-refractivity contribution < 1.29 is 22.8 Å². The summed E-state index contributed by atoms with van der Waals surface area (Å²) >= 11 is 7.27. The van der Waals surface area contributed by atoms with Crippen LogP contribution in [0.1, 0.15) is 35.6 Å². The Morgan fingerprint density at radius 2 is 1.73 bits per heavy atom. The summed E-state index contributed by atoms with van der Waals surface area (Å²) < 4.78 is 42.4. The number of pyridine rings is 1. The number of aliphatic hydroxyl groups excluding tert-OH is 1. The summed E-state index contributed by atoms with van der Waals surface area (Å²) in [5, 5.41) is 13.1. The molecule has 41 heavy (non-hydrogen) atoms. The molecule has 3 nitrogen and oxygen atoms in total. The highest BCUT2D eigenvalue weighted by atomic mass is 79.9. The fourth-order valence-corrected chi connectivity index (χ4v) is 8.47. The molecule has 7 rings (SSSR count). The molecule has 0 amide bonds. The third-order valence-electron chi connectivity index (χ3n) is 9.03. The molecule has 3 aromatic carbocycles. The molecule has 0 radical (unpaired) electrons. The zero-order chi connectivity index (χ0) is 28.9. The molecule has 1 unspecified atom stereocenters. The van der Waals surface area contributed by atoms with E-state index >= 15 is 0 Å². The van der Waals surface area contributed by atoms with E-state index in [0.29, 0.717) is 28.6 Å². The zero-order valence-corrected chi connectivity index (χ0v) is 25.5. The van der Waals surface area contributed by atoms with Gasteiger partial charge >= 0.3 is 6.18 Å². The minimum atomic E-state index is -4.41. The number of benzene rings is 3. The standard InChI is InChI=1S/C33H30Br2F3N2O/c1-2-21-19-40(18-20-13-25(34)16-26(35)14-20)12-11-23(21)15-31(40)32(41)28-17-30(39-29-6-4-3-5-27(28)29)22-7-9-24(10-8-22)33(36,37)38/h2-10,13-14,16-17,21,23,31-32,41H,1,11-12,15,18-19H2/q+1/t21-,23-,31+,32-,40?/m0/s1. The number of para-hydroxylation sites is 1. The fraction of sp³-hybridized carbons (Fsp3) is 0.303. The Balaban J connectivity index is 1.43. The SMILES string of the molecule is C=C[C@H]1C[N+]2(Cc3cc(Br)cc(Br)c3)CC[C@H]1C[C@@H]2[C@@H](O)c1cc(-c2ccc(C(F)(F)F)cc2)nc2ccccc12. The lowest BCUT2D eigenvalue weighted by Gasteiger charge is -2.58. The van der Waals surface area contributed by atoms with Crippen molar-refractivity contribution in [2.45, 2.75) is 37.7 Å². The third kappa shape index (κ3) is 5.52. The van der Waals surface area contributed by atoms with Gasteiger partial charge in [-0.3, -0.25) is 0 Å². The number of nitrogens with zero attached hydrogens (tertiary/aromatic N) is 2. The van der Waals surface area contributed by atoms with Gasteiger partial charge in [-0.25, -0.2) is 4.98 Å². The van der Waals surface area contributed by atoms with E-state index in [1.54, 1.807) is 0 Å². The molecule has 2 bridgehead atoms. The number of halogens is 5. The van der Waals surface area contributed by atoms with Gasteiger partial charge in [0.2, 0.25) is 0 Å². The lowest BCUT2D eigenvalue weighted by Crippen LogP contribution is -2.67. The van der Waals surface area contributed by atoms with Crippen LogP contribution in [0.3, 0.4) is 0 Å². The average molecular weight is 687 g/mol. The lowest BCUT2D eigenvalue weighted by molar-refractivity contribution is -0.984. The highest BCUT2D eigenvalue weighted by Crippen LogP contribution is 2.48. The average Bonchev–Trinajstić information content (AvgIpc) is 2.95. The first kappa shape index (κ1) is 28.6. The van der Waals surface area contributed by atoms with E-state index in [1.807, 2.05) is 36.4 Å². The van der Waals surface area contributed by atoms with Gasteiger partial charge in [0.1, 0.15) is 18.7 Å². The van der Waals surface area contributed by atoms with Gasteiger partial charge in [0.05, 0.1) is 29.9 Å². The van der Waals surface area contributed by atoms with Crippen molar-refractivity contribution in [2.24, 2.45) is 11.8 Å². The number of piperidine rings is 3. The van der Waals surface area contributed by atoms with Crippen LogP contribution in [0.5, 0.6) is 0 Å². The number of hydrogen-bond acceptors (Lipinski definition) is 2. The molecule has 1 N–H and O–H groups in total. The van der Waals surface area contributed by atoms with E-state index < -0.39 is 17.8 Å². The van der Waals surface area contributed by atoms with Crippen molar-refractivity contribution in [3.8, 4) is 11.3 Å². The monoisotopic (exact) mass is 685 g/mol. The summed E-state index contributed by atoms with van der Waals surface area (Å²) in [4.78, 5) is 4.78. The van der Waals surface area contributed by atoms with Gasteiger partial charge in [-0.05, 0) is 53.9 Å². The maximum Gasteiger partial charge on any atom is 0.416 e. The van der Waals surface area contributed by atoms with Gasteiger partial charge in [-0.15, -0.1) is 6.58 Å². The molecule has 0 aliphatic carbocycles. The number of aliphatic hydroxyl groups is 1. The number of quaternary nitrogens is 1. The molecule has 0 spiro atoms. The summed E-state index contributed by atoms with van der Waals surface area (Å²) in [5.41, 5.74) is 3.10. The third-order valence-corrected chi connectivity index (χ3v) is 9.95. The summed E-state index contributed by atoms with van der Waals surface area (Å²) in [6.45, 7) is 6.80. The van der Waals surface area contributed by atoms with E-state index in [4.69, 9.17) is 4.98 Å². The molecular weight excluding hydrogens is 657 g/mol. The predicted molar refractivity (Wildman–Crippen MR) is 163 cm³/mol. The summed E-state index contributed by atoms with van der Waals surface area (Å²) in [7, 11) is 0. The first-order chi connectivity index (χ1) is 19.6. The largest absolute Gasteiger partial charge is 0.416 e. The normalized spacial score (nSPS) is 24.9. The van der Waals surface area contributed by atoms with Crippen molar-refractivity contribution >= 4 is 42.8 Å². The van der Waals surface area contributed by atoms with Gasteiger partial charge in [0.15, 0.2) is 0 Å². The molecule has 4 heterocycles. The molecule has 1 aromatic heterocycles. The molecular formula is C33H30Br2F3N2O+. The summed E-state index contributed by atoms with van der Waals surface area (Å²) in [5.74, 6) is 0.851. The molecule has 3 fully saturated rings. The van der Waals surface area contributed by atoms with Crippen LogP contribution in [0.4, 0.5) is 13.2 Å². The minimum Gasteiger partial charge on any atom is -0.382 e. The summed E-state index contributed by atoms with van der Waals surface area (Å²) in [6.07, 6.45) is -1.14. The van der Waals surface area contributed by atoms with Crippen LogP contribution in [0.25, 0.3) is 22.2 Å². The Hall–Kier alpha value is -2.52. The molecule has 3 aliphatic heterocycles. The quantitative estimate of drug-likeness (QED) is 0.162. The second-order valence-electron chi connectivity index (χ2n) is 11.4. The molecule has 5 atom stereocenters. The highest BCUT2D eigenvalue weighted by molar-refractivity contribution is 9.11. The summed E-state index contributed by atoms with van der Waals surface area (Å²) in [6, 6.07) is 20.9. The Labute approximate surface area is 254 Å². The Kier molecular flexibility index (Phi) is 7.64. The molecule has 3 aliphatic rings. The molecule has 0 saturated carbocycles. The lowest BCUT2D eigenvalue weighted by atomic mass is 9.71. The van der Waals surface area contributed by atoms with E-state index in [1.165, 1.54) is 17.7 Å². The van der Waals surface area contributed by atoms with Gasteiger partial charge in [-0.2, -0.15) is 13.2 Å². The van der Waals surface area contributed by atoms with Gasteiger partial charge in [-0.1, -0.05) is 68.3 Å². The second-order valence-corrected chi connectivity index (χ2v) is 13.3. The van der Waals surface area contributed by atoms with Crippen molar-refractivity contribution in [1.82, 2.24) is 4.98 Å². The van der Waals surface area contributed by atoms with Crippen LogP contribution < -0.4 is 0 Å². The topological polar surface area (TPSA) is 33.1 Å². The van der Waals surface area contributed by atoms with Gasteiger partial charge in [0, 0.05) is 44.2 Å². The predicted octanol–water partition coefficient (Wildman–Crippen LogP) is 9.09. The smallest absolute Gasteiger partial charge is 0.382 e. The van der Waals surface area contributed by atoms with Crippen LogP contribution in [0.15, 0.2) is 94.4 Å². The Bertz CT molecular complexity index is 1590. The minimum absolute atomic E-state index is 0.0473. The Morgan fingerprint density at radius 1 is 1.02 bits per heavy atom. The number of alkyl halides is 3. The first-order valence-corrected chi connectivity index (χ1v) is 15.3. The Morgan fingerprint density at radius 3 is 2.41 bits per heavy atom. The molecule has 8 heteroatoms. The van der Waals surface area contributed by atoms with Gasteiger partial charge < -0.3 is 9.59 Å². The number of fused-ring (bicyclic) bond motifs is 4. The van der Waals surface area contributed by atoms with Crippen molar-refractivity contribution in [1.29, 1.82) is 0 Å². The van der Waals surface area contributed by atoms with Crippen molar-refractivity contribution in [2.75, 3.05) is 13.1 Å². The number of aromatic nitrogens is 1. The molecule has 212 valence electrons. The van der Waals surface area contributed by atoms with Crippen molar-refractivity contribution in [3.63, 3.8) is 0 Å². The van der Waals surface area contributed by atoms with Gasteiger partial charge in [0.25, 0.3) is 0 Å². The first-order valence-electron chi connectivity index (χ1n) is 13.7. The zero-order valence-electron chi connectivity index (χ0n) is 22.3. The maximum atomic E-state index is 13.2. The van der Waals surface area contributed by atoms with Crippen LogP contribution in [-0.4, -0.2) is 33.7 Å². The highest BCUT2D eigenvalue weighted by Gasteiger charge is 2.54. The van der Waals surface area contributed by atoms with E-state index in [2.05, 4.69) is 56.6 Å². The fourth-order valence-electron chi connectivity index (χ4n) is 7.08. The van der Waals surface area contributed by atoms with E-state index in [0.717, 1.165) is 69.0 Å².